The molecule has 4 rings (SSSR count). The Balaban J connectivity index is 1.82. The molecule has 3 aromatic carbocycles. The number of para-hydroxylation sites is 1. The van der Waals surface area contributed by atoms with Crippen molar-refractivity contribution in [3.8, 4) is 23.0 Å². The summed E-state index contributed by atoms with van der Waals surface area (Å²) in [7, 11) is 6.68. The van der Waals surface area contributed by atoms with E-state index >= 15 is 0 Å². The predicted molar refractivity (Wildman–Crippen MR) is 127 cm³/mol. The topological polar surface area (TPSA) is 40.2 Å². The normalized spacial score (nSPS) is 15.7. The van der Waals surface area contributed by atoms with E-state index in [4.69, 9.17) is 30.5 Å². The van der Waals surface area contributed by atoms with Crippen LogP contribution in [-0.4, -0.2) is 39.9 Å². The monoisotopic (exact) mass is 453 g/mol. The number of fused-ring (bicyclic) bond motifs is 1. The SMILES string of the molecule is COc1cc2c(cc1OC)C(c1cccc(Cl)c1)N(Cc1cccc(OC)c1OC)CC2. The van der Waals surface area contributed by atoms with Crippen LogP contribution in [0.15, 0.2) is 54.6 Å². The largest absolute Gasteiger partial charge is 0.493 e. The number of hydrogen-bond donors (Lipinski definition) is 0. The van der Waals surface area contributed by atoms with Crippen molar-refractivity contribution in [3.05, 3.63) is 81.9 Å². The molecule has 1 heterocycles. The van der Waals surface area contributed by atoms with Crippen LogP contribution >= 0.6 is 11.6 Å². The van der Waals surface area contributed by atoms with Crippen LogP contribution in [0.2, 0.25) is 5.02 Å². The molecule has 0 N–H and O–H groups in total. The summed E-state index contributed by atoms with van der Waals surface area (Å²) in [6, 6.07) is 18.2. The van der Waals surface area contributed by atoms with Crippen LogP contribution in [0, 0.1) is 0 Å². The van der Waals surface area contributed by atoms with Crippen molar-refractivity contribution in [2.45, 2.75) is 19.0 Å². The lowest BCUT2D eigenvalue weighted by Gasteiger charge is -2.38. The van der Waals surface area contributed by atoms with E-state index in [1.807, 2.05) is 30.3 Å². The zero-order valence-electron chi connectivity index (χ0n) is 18.9. The highest BCUT2D eigenvalue weighted by molar-refractivity contribution is 6.30. The lowest BCUT2D eigenvalue weighted by atomic mass is 9.87. The Morgan fingerprint density at radius 3 is 2.25 bits per heavy atom. The number of methoxy groups -OCH3 is 4. The standard InChI is InChI=1S/C26H28ClNO4/c1-29-22-10-6-8-19(26(22)32-4)16-28-12-11-17-14-23(30-2)24(31-3)15-21(17)25(28)18-7-5-9-20(27)13-18/h5-10,13-15,25H,11-12,16H2,1-4H3. The van der Waals surface area contributed by atoms with Gasteiger partial charge in [-0.1, -0.05) is 35.9 Å². The maximum atomic E-state index is 6.39. The third kappa shape index (κ3) is 4.23. The Labute approximate surface area is 194 Å². The van der Waals surface area contributed by atoms with Gasteiger partial charge in [0.2, 0.25) is 0 Å². The number of benzene rings is 3. The van der Waals surface area contributed by atoms with Crippen LogP contribution in [0.4, 0.5) is 0 Å². The molecule has 0 saturated carbocycles. The molecule has 1 aliphatic heterocycles. The van der Waals surface area contributed by atoms with E-state index < -0.39 is 0 Å². The minimum absolute atomic E-state index is 0.00756. The molecule has 0 aromatic heterocycles. The summed E-state index contributed by atoms with van der Waals surface area (Å²) < 4.78 is 22.4. The van der Waals surface area contributed by atoms with Crippen molar-refractivity contribution < 1.29 is 18.9 Å². The first-order chi connectivity index (χ1) is 15.6. The van der Waals surface area contributed by atoms with Crippen LogP contribution < -0.4 is 18.9 Å². The van der Waals surface area contributed by atoms with Gasteiger partial charge in [-0.3, -0.25) is 4.90 Å². The van der Waals surface area contributed by atoms with Crippen molar-refractivity contribution in [1.82, 2.24) is 4.90 Å². The summed E-state index contributed by atoms with van der Waals surface area (Å²) >= 11 is 6.39. The van der Waals surface area contributed by atoms with Gasteiger partial charge < -0.3 is 18.9 Å². The van der Waals surface area contributed by atoms with E-state index in [-0.39, 0.29) is 6.04 Å². The number of rotatable bonds is 7. The fourth-order valence-electron chi connectivity index (χ4n) is 4.53. The van der Waals surface area contributed by atoms with Crippen molar-refractivity contribution in [3.63, 3.8) is 0 Å². The highest BCUT2D eigenvalue weighted by Crippen LogP contribution is 2.43. The smallest absolute Gasteiger partial charge is 0.165 e. The summed E-state index contributed by atoms with van der Waals surface area (Å²) in [4.78, 5) is 2.44. The minimum atomic E-state index is 0.00756. The maximum Gasteiger partial charge on any atom is 0.165 e. The average Bonchev–Trinajstić information content (AvgIpc) is 2.82. The Morgan fingerprint density at radius 1 is 0.844 bits per heavy atom. The van der Waals surface area contributed by atoms with Gasteiger partial charge in [0, 0.05) is 23.7 Å². The molecule has 0 amide bonds. The number of nitrogens with zero attached hydrogens (tertiary/aromatic N) is 1. The number of halogens is 1. The molecule has 0 radical (unpaired) electrons. The number of ether oxygens (including phenoxy) is 4. The molecule has 1 unspecified atom stereocenters. The van der Waals surface area contributed by atoms with Gasteiger partial charge in [0.25, 0.3) is 0 Å². The molecule has 32 heavy (non-hydrogen) atoms. The van der Waals surface area contributed by atoms with E-state index in [2.05, 4.69) is 29.2 Å². The second kappa shape index (κ2) is 9.72. The van der Waals surface area contributed by atoms with E-state index in [1.165, 1.54) is 11.1 Å². The summed E-state index contributed by atoms with van der Waals surface area (Å²) in [6.07, 6.45) is 0.902. The molecule has 0 fully saturated rings. The van der Waals surface area contributed by atoms with Gasteiger partial charge >= 0.3 is 0 Å². The first-order valence-electron chi connectivity index (χ1n) is 10.5. The molecular formula is C26H28ClNO4. The molecule has 0 bridgehead atoms. The zero-order chi connectivity index (χ0) is 22.7. The van der Waals surface area contributed by atoms with Crippen molar-refractivity contribution >= 4 is 11.6 Å². The average molecular weight is 454 g/mol. The quantitative estimate of drug-likeness (QED) is 0.471. The highest BCUT2D eigenvalue weighted by Gasteiger charge is 2.31. The van der Waals surface area contributed by atoms with E-state index in [9.17, 15) is 0 Å². The zero-order valence-corrected chi connectivity index (χ0v) is 19.6. The first-order valence-corrected chi connectivity index (χ1v) is 10.9. The summed E-state index contributed by atoms with van der Waals surface area (Å²) in [5.74, 6) is 2.96. The molecule has 6 heteroatoms. The molecule has 0 saturated heterocycles. The van der Waals surface area contributed by atoms with E-state index in [1.54, 1.807) is 28.4 Å². The van der Waals surface area contributed by atoms with Crippen molar-refractivity contribution in [2.24, 2.45) is 0 Å². The maximum absolute atomic E-state index is 6.39. The predicted octanol–water partition coefficient (Wildman–Crippen LogP) is 5.52. The van der Waals surface area contributed by atoms with Crippen LogP contribution in [0.5, 0.6) is 23.0 Å². The molecule has 0 aliphatic carbocycles. The molecular weight excluding hydrogens is 426 g/mol. The first kappa shape index (κ1) is 22.3. The Kier molecular flexibility index (Phi) is 6.77. The van der Waals surface area contributed by atoms with E-state index in [0.29, 0.717) is 11.6 Å². The fraction of sp³-hybridized carbons (Fsp3) is 0.308. The van der Waals surface area contributed by atoms with Gasteiger partial charge in [-0.05, 0) is 53.4 Å². The van der Waals surface area contributed by atoms with Crippen molar-refractivity contribution in [2.75, 3.05) is 35.0 Å². The second-order valence-electron chi connectivity index (χ2n) is 7.74. The lowest BCUT2D eigenvalue weighted by Crippen LogP contribution is -2.36. The van der Waals surface area contributed by atoms with Gasteiger partial charge in [-0.2, -0.15) is 0 Å². The van der Waals surface area contributed by atoms with Crippen LogP contribution in [0.3, 0.4) is 0 Å². The minimum Gasteiger partial charge on any atom is -0.493 e. The Bertz CT molecular complexity index is 1100. The molecule has 5 nitrogen and oxygen atoms in total. The van der Waals surface area contributed by atoms with Gasteiger partial charge in [-0.15, -0.1) is 0 Å². The summed E-state index contributed by atoms with van der Waals surface area (Å²) in [5.41, 5.74) is 4.65. The summed E-state index contributed by atoms with van der Waals surface area (Å²) in [6.45, 7) is 1.57. The highest BCUT2D eigenvalue weighted by atomic mass is 35.5. The van der Waals surface area contributed by atoms with Gasteiger partial charge in [0.1, 0.15) is 0 Å². The van der Waals surface area contributed by atoms with Crippen LogP contribution in [0.25, 0.3) is 0 Å². The molecule has 1 aliphatic rings. The van der Waals surface area contributed by atoms with Crippen LogP contribution in [0.1, 0.15) is 28.3 Å². The van der Waals surface area contributed by atoms with E-state index in [0.717, 1.165) is 47.1 Å². The third-order valence-corrected chi connectivity index (χ3v) is 6.23. The molecule has 3 aromatic rings. The Morgan fingerprint density at radius 2 is 1.56 bits per heavy atom. The van der Waals surface area contributed by atoms with Crippen LogP contribution in [-0.2, 0) is 13.0 Å². The second-order valence-corrected chi connectivity index (χ2v) is 8.17. The van der Waals surface area contributed by atoms with Crippen molar-refractivity contribution in [1.29, 1.82) is 0 Å². The third-order valence-electron chi connectivity index (χ3n) is 6.00. The Hall–Kier alpha value is -2.89. The fourth-order valence-corrected chi connectivity index (χ4v) is 4.73. The van der Waals surface area contributed by atoms with Gasteiger partial charge in [0.05, 0.1) is 34.5 Å². The molecule has 0 spiro atoms. The number of hydrogen-bond acceptors (Lipinski definition) is 5. The summed E-state index contributed by atoms with van der Waals surface area (Å²) in [5, 5.41) is 0.717. The van der Waals surface area contributed by atoms with Gasteiger partial charge in [-0.25, -0.2) is 0 Å². The lowest BCUT2D eigenvalue weighted by molar-refractivity contribution is 0.200. The molecule has 168 valence electrons. The van der Waals surface area contributed by atoms with Gasteiger partial charge in [0.15, 0.2) is 23.0 Å². The molecule has 1 atom stereocenters.